The summed E-state index contributed by atoms with van der Waals surface area (Å²) in [6, 6.07) is 11.8. The summed E-state index contributed by atoms with van der Waals surface area (Å²) >= 11 is 0. The van der Waals surface area contributed by atoms with Gasteiger partial charge in [0.2, 0.25) is 0 Å². The quantitative estimate of drug-likeness (QED) is 0.512. The molecule has 4 nitrogen and oxygen atoms in total. The van der Waals surface area contributed by atoms with Crippen LogP contribution in [0.15, 0.2) is 48.0 Å². The smallest absolute Gasteiger partial charge is 0.478 e. The average Bonchev–Trinajstić information content (AvgIpc) is 2.89. The molecule has 30 heavy (non-hydrogen) atoms. The fourth-order valence-corrected chi connectivity index (χ4v) is 3.56. The molecule has 0 spiro atoms. The highest BCUT2D eigenvalue weighted by Gasteiger charge is 2.31. The molecule has 0 saturated heterocycles. The molecule has 0 atom stereocenters. The van der Waals surface area contributed by atoms with Gasteiger partial charge < -0.3 is 14.4 Å². The fraction of sp³-hybridized carbons (Fsp3) is 0.261. The lowest BCUT2D eigenvalue weighted by Crippen LogP contribution is -2.17. The van der Waals surface area contributed by atoms with Crippen LogP contribution >= 0.6 is 0 Å². The molecule has 0 bridgehead atoms. The molecule has 0 saturated carbocycles. The van der Waals surface area contributed by atoms with E-state index < -0.39 is 12.3 Å². The number of benzene rings is 2. The van der Waals surface area contributed by atoms with Crippen LogP contribution in [-0.4, -0.2) is 22.0 Å². The minimum Gasteiger partial charge on any atom is -0.478 e. The Hall–Kier alpha value is -3.22. The van der Waals surface area contributed by atoms with E-state index in [2.05, 4.69) is 4.74 Å². The number of nitrogens with zero attached hydrogens (tertiary/aromatic N) is 1. The summed E-state index contributed by atoms with van der Waals surface area (Å²) in [5.41, 5.74) is 4.66. The van der Waals surface area contributed by atoms with Gasteiger partial charge in [-0.05, 0) is 60.7 Å². The summed E-state index contributed by atoms with van der Waals surface area (Å²) in [5.74, 6) is -1.21. The number of alkyl halides is 3. The van der Waals surface area contributed by atoms with Crippen LogP contribution in [0.5, 0.6) is 5.75 Å². The first kappa shape index (κ1) is 21.5. The summed E-state index contributed by atoms with van der Waals surface area (Å²) in [7, 11) is 1.87. The van der Waals surface area contributed by atoms with Crippen LogP contribution in [0.1, 0.15) is 35.7 Å². The molecule has 0 amide bonds. The Bertz CT molecular complexity index is 1130. The average molecular weight is 417 g/mol. The minimum absolute atomic E-state index is 0.257. The summed E-state index contributed by atoms with van der Waals surface area (Å²) in [6.45, 7) is 3.70. The van der Waals surface area contributed by atoms with Crippen LogP contribution in [0, 0.1) is 6.92 Å². The summed E-state index contributed by atoms with van der Waals surface area (Å²) in [5, 5.41) is 9.93. The van der Waals surface area contributed by atoms with E-state index in [4.69, 9.17) is 0 Å². The molecule has 3 aromatic rings. The highest BCUT2D eigenvalue weighted by atomic mass is 19.4. The van der Waals surface area contributed by atoms with Gasteiger partial charge in [-0.25, -0.2) is 4.79 Å². The maximum absolute atomic E-state index is 12.6. The number of aromatic nitrogens is 1. The molecular formula is C23H22F3NO3. The van der Waals surface area contributed by atoms with Crippen molar-refractivity contribution in [3.8, 4) is 5.75 Å². The number of carboxylic acids is 1. The number of carboxylic acid groups (broad SMARTS) is 1. The minimum atomic E-state index is -4.75. The van der Waals surface area contributed by atoms with Crippen LogP contribution in [0.3, 0.4) is 0 Å². The summed E-state index contributed by atoms with van der Waals surface area (Å²) in [6.07, 6.45) is -2.21. The van der Waals surface area contributed by atoms with Crippen LogP contribution in [0.25, 0.3) is 17.0 Å². The van der Waals surface area contributed by atoms with Gasteiger partial charge in [-0.15, -0.1) is 13.2 Å². The molecule has 0 unspecified atom stereocenters. The predicted molar refractivity (Wildman–Crippen MR) is 109 cm³/mol. The number of rotatable bonds is 6. The third-order valence-electron chi connectivity index (χ3n) is 5.16. The van der Waals surface area contributed by atoms with Gasteiger partial charge in [0, 0.05) is 29.2 Å². The van der Waals surface area contributed by atoms with Crippen LogP contribution in [0.4, 0.5) is 13.2 Å². The second kappa shape index (κ2) is 8.26. The molecule has 2 aromatic carbocycles. The molecule has 1 N–H and O–H groups in total. The van der Waals surface area contributed by atoms with Crippen molar-refractivity contribution in [2.45, 2.75) is 33.1 Å². The largest absolute Gasteiger partial charge is 0.573 e. The molecule has 0 fully saturated rings. The molecule has 0 aliphatic heterocycles. The normalized spacial score (nSPS) is 12.4. The number of hydrogen-bond acceptors (Lipinski definition) is 2. The lowest BCUT2D eigenvalue weighted by molar-refractivity contribution is -0.274. The molecule has 7 heteroatoms. The van der Waals surface area contributed by atoms with Crippen LogP contribution in [0.2, 0.25) is 0 Å². The molecular weight excluding hydrogens is 395 g/mol. The van der Waals surface area contributed by atoms with E-state index in [9.17, 15) is 23.1 Å². The first-order chi connectivity index (χ1) is 14.1. The van der Waals surface area contributed by atoms with Gasteiger partial charge in [0.1, 0.15) is 5.75 Å². The van der Waals surface area contributed by atoms with E-state index in [0.29, 0.717) is 23.8 Å². The summed E-state index contributed by atoms with van der Waals surface area (Å²) in [4.78, 5) is 11.3. The van der Waals surface area contributed by atoms with Crippen LogP contribution in [-0.2, 0) is 18.3 Å². The van der Waals surface area contributed by atoms with Gasteiger partial charge in [0.25, 0.3) is 0 Å². The Kier molecular flexibility index (Phi) is 5.92. The third kappa shape index (κ3) is 4.67. The Labute approximate surface area is 172 Å². The van der Waals surface area contributed by atoms with Crippen molar-refractivity contribution in [3.63, 3.8) is 0 Å². The van der Waals surface area contributed by atoms with Gasteiger partial charge in [-0.1, -0.05) is 31.2 Å². The predicted octanol–water partition coefficient (Wildman–Crippen LogP) is 5.85. The SMILES string of the molecule is CC/C(=C/c1cccc(Cc2c(C)n(C)c3ccc(OC(F)(F)F)cc23)c1)C(=O)O. The second-order valence-electron chi connectivity index (χ2n) is 7.10. The van der Waals surface area contributed by atoms with Crippen LogP contribution < -0.4 is 4.74 Å². The van der Waals surface area contributed by atoms with Crippen molar-refractivity contribution in [2.75, 3.05) is 0 Å². The van der Waals surface area contributed by atoms with Gasteiger partial charge in [-0.3, -0.25) is 0 Å². The number of halogens is 3. The number of hydrogen-bond donors (Lipinski definition) is 1. The topological polar surface area (TPSA) is 51.5 Å². The van der Waals surface area contributed by atoms with Gasteiger partial charge in [0.15, 0.2) is 0 Å². The summed E-state index contributed by atoms with van der Waals surface area (Å²) < 4.78 is 43.9. The zero-order valence-electron chi connectivity index (χ0n) is 16.9. The maximum atomic E-state index is 12.6. The Morgan fingerprint density at radius 2 is 1.93 bits per heavy atom. The van der Waals surface area contributed by atoms with Crippen molar-refractivity contribution in [1.29, 1.82) is 0 Å². The fourth-order valence-electron chi connectivity index (χ4n) is 3.56. The highest BCUT2D eigenvalue weighted by molar-refractivity contribution is 5.92. The number of fused-ring (bicyclic) bond motifs is 1. The van der Waals surface area contributed by atoms with Crippen molar-refractivity contribution < 1.29 is 27.8 Å². The third-order valence-corrected chi connectivity index (χ3v) is 5.16. The molecule has 3 rings (SSSR count). The van der Waals surface area contributed by atoms with Gasteiger partial charge in [-0.2, -0.15) is 0 Å². The van der Waals surface area contributed by atoms with E-state index >= 15 is 0 Å². The Balaban J connectivity index is 2.01. The molecule has 0 aliphatic rings. The molecule has 158 valence electrons. The van der Waals surface area contributed by atoms with Gasteiger partial charge in [0.05, 0.1) is 0 Å². The lowest BCUT2D eigenvalue weighted by atomic mass is 9.99. The number of ether oxygens (including phenoxy) is 1. The second-order valence-corrected chi connectivity index (χ2v) is 7.10. The lowest BCUT2D eigenvalue weighted by Gasteiger charge is -2.09. The van der Waals surface area contributed by atoms with Crippen molar-refractivity contribution in [1.82, 2.24) is 4.57 Å². The Morgan fingerprint density at radius 3 is 2.57 bits per heavy atom. The van der Waals surface area contributed by atoms with E-state index in [-0.39, 0.29) is 5.75 Å². The van der Waals surface area contributed by atoms with Crippen molar-refractivity contribution in [3.05, 3.63) is 70.4 Å². The number of carbonyl (C=O) groups is 1. The van der Waals surface area contributed by atoms with Crippen molar-refractivity contribution in [2.24, 2.45) is 7.05 Å². The van der Waals surface area contributed by atoms with E-state index in [1.165, 1.54) is 12.1 Å². The monoisotopic (exact) mass is 417 g/mol. The van der Waals surface area contributed by atoms with Crippen molar-refractivity contribution >= 4 is 22.9 Å². The molecule has 1 aromatic heterocycles. The zero-order chi connectivity index (χ0) is 22.1. The van der Waals surface area contributed by atoms with Gasteiger partial charge >= 0.3 is 12.3 Å². The first-order valence-corrected chi connectivity index (χ1v) is 9.45. The highest BCUT2D eigenvalue weighted by Crippen LogP contribution is 2.32. The molecule has 0 radical (unpaired) electrons. The molecule has 0 aliphatic carbocycles. The first-order valence-electron chi connectivity index (χ1n) is 9.45. The molecule has 1 heterocycles. The number of aryl methyl sites for hydroxylation is 1. The Morgan fingerprint density at radius 1 is 1.20 bits per heavy atom. The zero-order valence-corrected chi connectivity index (χ0v) is 16.9. The van der Waals surface area contributed by atoms with E-state index in [0.717, 1.165) is 27.9 Å². The standard InChI is InChI=1S/C23H22F3NO3/c1-4-17(22(28)29)11-15-6-5-7-16(10-15)12-19-14(2)27(3)21-9-8-18(13-20(19)21)30-23(24,25)26/h5-11,13H,4,12H2,1-3H3,(H,28,29)/b17-11-. The van der Waals surface area contributed by atoms with E-state index in [1.807, 2.05) is 42.8 Å². The maximum Gasteiger partial charge on any atom is 0.573 e. The van der Waals surface area contributed by atoms with E-state index in [1.54, 1.807) is 19.1 Å². The number of aliphatic carboxylic acids is 1.